The molecule has 0 atom stereocenters. The van der Waals surface area contributed by atoms with Crippen LogP contribution in [-0.4, -0.2) is 50.3 Å². The molecule has 1 aromatic heterocycles. The maximum absolute atomic E-state index is 13.5. The minimum atomic E-state index is -0.678. The van der Waals surface area contributed by atoms with E-state index in [1.54, 1.807) is 60.7 Å². The first-order valence-electron chi connectivity index (χ1n) is 13.0. The van der Waals surface area contributed by atoms with Crippen LogP contribution < -0.4 is 29.2 Å². The molecule has 0 saturated carbocycles. The number of hydrogen-bond donors (Lipinski definition) is 0. The van der Waals surface area contributed by atoms with E-state index < -0.39 is 11.5 Å². The SMILES string of the molecule is COc1cc(C=Nn2c(-c3ccc(Cl)cc3Cl)nc3ccccc3c2=O)ccc1OC(=O)c1cc(OC)c(OC)c(OC)c1. The van der Waals surface area contributed by atoms with Crippen LogP contribution in [0.1, 0.15) is 15.9 Å². The molecule has 4 aromatic carbocycles. The molecule has 0 fully saturated rings. The molecule has 12 heteroatoms. The third kappa shape index (κ3) is 6.03. The molecular weight excluding hydrogens is 609 g/mol. The third-order valence-electron chi connectivity index (χ3n) is 6.54. The zero-order valence-corrected chi connectivity index (χ0v) is 25.5. The minimum absolute atomic E-state index is 0.154. The Labute approximate surface area is 261 Å². The summed E-state index contributed by atoms with van der Waals surface area (Å²) in [6, 6.07) is 19.6. The predicted molar refractivity (Wildman–Crippen MR) is 169 cm³/mol. The molecule has 1 heterocycles. The van der Waals surface area contributed by atoms with Gasteiger partial charge in [-0.2, -0.15) is 9.78 Å². The molecule has 0 bridgehead atoms. The van der Waals surface area contributed by atoms with Gasteiger partial charge in [0.15, 0.2) is 28.8 Å². The van der Waals surface area contributed by atoms with Crippen molar-refractivity contribution in [3.8, 4) is 40.1 Å². The largest absolute Gasteiger partial charge is 0.493 e. The number of nitrogens with zero attached hydrogens (tertiary/aromatic N) is 3. The summed E-state index contributed by atoms with van der Waals surface area (Å²) >= 11 is 12.6. The van der Waals surface area contributed by atoms with Gasteiger partial charge in [-0.15, -0.1) is 0 Å². The molecule has 0 radical (unpaired) electrons. The quantitative estimate of drug-likeness (QED) is 0.103. The first-order valence-corrected chi connectivity index (χ1v) is 13.7. The Bertz CT molecular complexity index is 1950. The summed E-state index contributed by atoms with van der Waals surface area (Å²) in [6.07, 6.45) is 1.46. The number of methoxy groups -OCH3 is 4. The van der Waals surface area contributed by atoms with E-state index in [1.807, 2.05) is 0 Å². The van der Waals surface area contributed by atoms with E-state index in [9.17, 15) is 9.59 Å². The van der Waals surface area contributed by atoms with Crippen LogP contribution in [0, 0.1) is 0 Å². The average molecular weight is 634 g/mol. The number of halogens is 2. The standard InChI is InChI=1S/C32H25Cl2N3O7/c1-40-26-13-18(9-12-25(26)44-32(39)19-14-27(41-2)29(43-4)28(15-19)42-3)17-35-37-30(21-11-10-20(33)16-23(21)34)36-24-8-6-5-7-22(24)31(37)38/h5-17H,1-4H3. The number of aromatic nitrogens is 2. The van der Waals surface area contributed by atoms with Gasteiger partial charge in [-0.05, 0) is 66.2 Å². The van der Waals surface area contributed by atoms with Crippen molar-refractivity contribution in [2.75, 3.05) is 28.4 Å². The van der Waals surface area contributed by atoms with Crippen molar-refractivity contribution in [1.29, 1.82) is 0 Å². The lowest BCUT2D eigenvalue weighted by atomic mass is 10.1. The molecule has 10 nitrogen and oxygen atoms in total. The summed E-state index contributed by atoms with van der Waals surface area (Å²) in [4.78, 5) is 31.2. The van der Waals surface area contributed by atoms with Gasteiger partial charge in [0.25, 0.3) is 5.56 Å². The van der Waals surface area contributed by atoms with Gasteiger partial charge in [-0.25, -0.2) is 9.78 Å². The molecule has 0 aliphatic carbocycles. The highest BCUT2D eigenvalue weighted by atomic mass is 35.5. The normalized spacial score (nSPS) is 11.0. The molecule has 0 N–H and O–H groups in total. The molecule has 0 unspecified atom stereocenters. The second-order valence-electron chi connectivity index (χ2n) is 9.15. The monoisotopic (exact) mass is 633 g/mol. The molecule has 5 rings (SSSR count). The lowest BCUT2D eigenvalue weighted by Gasteiger charge is -2.14. The van der Waals surface area contributed by atoms with Crippen LogP contribution in [0.2, 0.25) is 10.0 Å². The van der Waals surface area contributed by atoms with Crippen molar-refractivity contribution in [3.63, 3.8) is 0 Å². The Kier molecular flexibility index (Phi) is 9.03. The second kappa shape index (κ2) is 13.1. The summed E-state index contributed by atoms with van der Waals surface area (Å²) in [6.45, 7) is 0. The lowest BCUT2D eigenvalue weighted by molar-refractivity contribution is 0.0728. The predicted octanol–water partition coefficient (Wildman–Crippen LogP) is 6.51. The van der Waals surface area contributed by atoms with Gasteiger partial charge in [0, 0.05) is 10.6 Å². The highest BCUT2D eigenvalue weighted by Crippen LogP contribution is 2.39. The molecule has 0 saturated heterocycles. The van der Waals surface area contributed by atoms with Crippen molar-refractivity contribution in [3.05, 3.63) is 104 Å². The number of carbonyl (C=O) groups is 1. The second-order valence-corrected chi connectivity index (χ2v) is 10.00. The van der Waals surface area contributed by atoms with Crippen LogP contribution in [0.15, 0.2) is 82.7 Å². The average Bonchev–Trinajstić information content (AvgIpc) is 3.04. The molecule has 0 aliphatic rings. The van der Waals surface area contributed by atoms with Gasteiger partial charge in [-0.3, -0.25) is 4.79 Å². The number of ether oxygens (including phenoxy) is 5. The van der Waals surface area contributed by atoms with E-state index in [1.165, 1.54) is 51.5 Å². The molecule has 0 amide bonds. The van der Waals surface area contributed by atoms with E-state index in [0.29, 0.717) is 49.3 Å². The fraction of sp³-hybridized carbons (Fsp3) is 0.125. The van der Waals surface area contributed by atoms with Crippen molar-refractivity contribution in [2.24, 2.45) is 5.10 Å². The minimum Gasteiger partial charge on any atom is -0.493 e. The van der Waals surface area contributed by atoms with Crippen LogP contribution in [0.4, 0.5) is 0 Å². The lowest BCUT2D eigenvalue weighted by Crippen LogP contribution is -2.20. The molecule has 44 heavy (non-hydrogen) atoms. The van der Waals surface area contributed by atoms with Gasteiger partial charge in [-0.1, -0.05) is 35.3 Å². The van der Waals surface area contributed by atoms with E-state index in [2.05, 4.69) is 10.1 Å². The third-order valence-corrected chi connectivity index (χ3v) is 7.09. The first kappa shape index (κ1) is 30.4. The topological polar surface area (TPSA) is 110 Å². The number of rotatable bonds is 9. The van der Waals surface area contributed by atoms with Crippen molar-refractivity contribution < 1.29 is 28.5 Å². The maximum atomic E-state index is 13.5. The van der Waals surface area contributed by atoms with Gasteiger partial charge in [0.05, 0.1) is 56.1 Å². The van der Waals surface area contributed by atoms with Crippen LogP contribution in [0.5, 0.6) is 28.7 Å². The van der Waals surface area contributed by atoms with E-state index >= 15 is 0 Å². The number of hydrogen-bond acceptors (Lipinski definition) is 9. The summed E-state index contributed by atoms with van der Waals surface area (Å²) in [5.41, 5.74) is 1.29. The van der Waals surface area contributed by atoms with Gasteiger partial charge < -0.3 is 23.7 Å². The first-order chi connectivity index (χ1) is 21.3. The van der Waals surface area contributed by atoms with Crippen molar-refractivity contribution in [2.45, 2.75) is 0 Å². The summed E-state index contributed by atoms with van der Waals surface area (Å²) in [5.74, 6) is 0.901. The van der Waals surface area contributed by atoms with E-state index in [0.717, 1.165) is 0 Å². The number of para-hydroxylation sites is 1. The Morgan fingerprint density at radius 2 is 1.52 bits per heavy atom. The molecule has 224 valence electrons. The Balaban J connectivity index is 1.50. The van der Waals surface area contributed by atoms with Crippen LogP contribution >= 0.6 is 23.2 Å². The Morgan fingerprint density at radius 3 is 2.18 bits per heavy atom. The number of fused-ring (bicyclic) bond motifs is 1. The molecular formula is C32H25Cl2N3O7. The smallest absolute Gasteiger partial charge is 0.343 e. The maximum Gasteiger partial charge on any atom is 0.343 e. The van der Waals surface area contributed by atoms with E-state index in [-0.39, 0.29) is 22.9 Å². The molecule has 0 aliphatic heterocycles. The summed E-state index contributed by atoms with van der Waals surface area (Å²) in [5, 5.41) is 5.58. The van der Waals surface area contributed by atoms with Gasteiger partial charge >= 0.3 is 5.97 Å². The molecule has 5 aromatic rings. The molecule has 0 spiro atoms. The fourth-order valence-corrected chi connectivity index (χ4v) is 4.90. The van der Waals surface area contributed by atoms with Crippen LogP contribution in [-0.2, 0) is 0 Å². The van der Waals surface area contributed by atoms with Crippen LogP contribution in [0.25, 0.3) is 22.3 Å². The number of esters is 1. The Hall–Kier alpha value is -5.06. The number of benzene rings is 4. The zero-order valence-electron chi connectivity index (χ0n) is 24.0. The summed E-state index contributed by atoms with van der Waals surface area (Å²) in [7, 11) is 5.80. The highest BCUT2D eigenvalue weighted by molar-refractivity contribution is 6.36. The van der Waals surface area contributed by atoms with Gasteiger partial charge in [0.2, 0.25) is 5.75 Å². The van der Waals surface area contributed by atoms with Crippen LogP contribution in [0.3, 0.4) is 0 Å². The summed E-state index contributed by atoms with van der Waals surface area (Å²) < 4.78 is 28.3. The zero-order chi connectivity index (χ0) is 31.4. The van der Waals surface area contributed by atoms with Gasteiger partial charge in [0.1, 0.15) is 0 Å². The fourth-order valence-electron chi connectivity index (χ4n) is 4.41. The van der Waals surface area contributed by atoms with Crippen molar-refractivity contribution >= 4 is 46.3 Å². The van der Waals surface area contributed by atoms with E-state index in [4.69, 9.17) is 46.9 Å². The highest BCUT2D eigenvalue weighted by Gasteiger charge is 2.20. The van der Waals surface area contributed by atoms with Crippen molar-refractivity contribution in [1.82, 2.24) is 9.66 Å². The number of carbonyl (C=O) groups excluding carboxylic acids is 1. The Morgan fingerprint density at radius 1 is 0.818 bits per heavy atom.